The van der Waals surface area contributed by atoms with E-state index in [1.807, 2.05) is 18.7 Å². The number of rotatable bonds is 5. The highest BCUT2D eigenvalue weighted by molar-refractivity contribution is 7.89. The van der Waals surface area contributed by atoms with Gasteiger partial charge in [-0.3, -0.25) is 0 Å². The van der Waals surface area contributed by atoms with Crippen molar-refractivity contribution in [2.24, 2.45) is 0 Å². The highest BCUT2D eigenvalue weighted by Crippen LogP contribution is 2.28. The van der Waals surface area contributed by atoms with E-state index in [9.17, 15) is 17.2 Å². The van der Waals surface area contributed by atoms with Crippen LogP contribution in [-0.2, 0) is 10.0 Å². The summed E-state index contributed by atoms with van der Waals surface area (Å²) in [5.74, 6) is -1.07. The zero-order valence-corrected chi connectivity index (χ0v) is 18.4. The van der Waals surface area contributed by atoms with Gasteiger partial charge in [-0.05, 0) is 38.1 Å². The molecular formula is C22H22F2N4O3S. The molecule has 1 saturated heterocycles. The quantitative estimate of drug-likeness (QED) is 0.577. The van der Waals surface area contributed by atoms with E-state index in [4.69, 9.17) is 4.74 Å². The summed E-state index contributed by atoms with van der Waals surface area (Å²) in [6.45, 7) is 4.85. The summed E-state index contributed by atoms with van der Waals surface area (Å²) in [4.78, 5) is 10.4. The number of hydrogen-bond acceptors (Lipinski definition) is 6. The minimum atomic E-state index is -3.61. The van der Waals surface area contributed by atoms with Crippen molar-refractivity contribution in [3.05, 3.63) is 72.1 Å². The maximum Gasteiger partial charge on any atom is 0.243 e. The number of aryl methyl sites for hydroxylation is 1. The normalized spacial score (nSPS) is 17.4. The van der Waals surface area contributed by atoms with Crippen LogP contribution in [0, 0.1) is 18.6 Å². The number of benzene rings is 2. The van der Waals surface area contributed by atoms with Crippen molar-refractivity contribution in [3.8, 4) is 11.6 Å². The molecule has 4 rings (SSSR count). The maximum atomic E-state index is 13.9. The number of piperazine rings is 1. The van der Waals surface area contributed by atoms with Crippen molar-refractivity contribution in [2.75, 3.05) is 24.5 Å². The van der Waals surface area contributed by atoms with Gasteiger partial charge in [0.1, 0.15) is 18.0 Å². The number of nitrogens with zero attached hydrogens (tertiary/aromatic N) is 4. The van der Waals surface area contributed by atoms with Gasteiger partial charge in [0.15, 0.2) is 11.6 Å². The predicted octanol–water partition coefficient (Wildman–Crippen LogP) is 3.75. The molecule has 1 atom stereocenters. The Morgan fingerprint density at radius 3 is 2.47 bits per heavy atom. The first kappa shape index (κ1) is 22.1. The summed E-state index contributed by atoms with van der Waals surface area (Å²) in [5.41, 5.74) is 0.990. The highest BCUT2D eigenvalue weighted by Gasteiger charge is 2.34. The van der Waals surface area contributed by atoms with E-state index < -0.39 is 21.7 Å². The van der Waals surface area contributed by atoms with E-state index in [0.717, 1.165) is 17.7 Å². The van der Waals surface area contributed by atoms with Crippen molar-refractivity contribution in [2.45, 2.75) is 24.8 Å². The van der Waals surface area contributed by atoms with Crippen LogP contribution in [0.5, 0.6) is 11.6 Å². The Labute approximate surface area is 185 Å². The number of halogens is 2. The molecule has 2 heterocycles. The SMILES string of the molecule is Cc1ccc(S(=O)(=O)N2CCN(c3cc(Oc4ccc(F)cc4F)ncn3)C[C@H]2C)cc1. The van der Waals surface area contributed by atoms with Gasteiger partial charge in [-0.2, -0.15) is 4.31 Å². The number of sulfonamides is 1. The van der Waals surface area contributed by atoms with Crippen LogP contribution in [0.2, 0.25) is 0 Å². The molecule has 0 N–H and O–H groups in total. The molecule has 0 aliphatic carbocycles. The molecule has 1 aliphatic heterocycles. The summed E-state index contributed by atoms with van der Waals surface area (Å²) in [6, 6.07) is 11.0. The monoisotopic (exact) mass is 460 g/mol. The van der Waals surface area contributed by atoms with Crippen LogP contribution in [0.4, 0.5) is 14.6 Å². The average Bonchev–Trinajstić information content (AvgIpc) is 2.76. The number of ether oxygens (including phenoxy) is 1. The minimum absolute atomic E-state index is 0.0999. The molecule has 10 heteroatoms. The molecule has 1 aromatic heterocycles. The van der Waals surface area contributed by atoms with Gasteiger partial charge in [0, 0.05) is 37.8 Å². The van der Waals surface area contributed by atoms with Crippen LogP contribution < -0.4 is 9.64 Å². The summed E-state index contributed by atoms with van der Waals surface area (Å²) < 4.78 is 60.0. The van der Waals surface area contributed by atoms with E-state index in [1.54, 1.807) is 30.3 Å². The van der Waals surface area contributed by atoms with Crippen molar-refractivity contribution >= 4 is 15.8 Å². The van der Waals surface area contributed by atoms with Gasteiger partial charge in [-0.1, -0.05) is 17.7 Å². The van der Waals surface area contributed by atoms with Crippen molar-refractivity contribution in [3.63, 3.8) is 0 Å². The van der Waals surface area contributed by atoms with E-state index in [1.165, 1.54) is 16.7 Å². The van der Waals surface area contributed by atoms with Crippen LogP contribution in [0.15, 0.2) is 59.8 Å². The Hall–Kier alpha value is -3.11. The van der Waals surface area contributed by atoms with Gasteiger partial charge >= 0.3 is 0 Å². The fourth-order valence-corrected chi connectivity index (χ4v) is 5.19. The summed E-state index contributed by atoms with van der Waals surface area (Å²) >= 11 is 0. The van der Waals surface area contributed by atoms with E-state index in [0.29, 0.717) is 18.9 Å². The lowest BCUT2D eigenvalue weighted by molar-refractivity contribution is 0.305. The molecule has 0 radical (unpaired) electrons. The lowest BCUT2D eigenvalue weighted by Crippen LogP contribution is -2.54. The molecule has 0 spiro atoms. The molecule has 0 amide bonds. The molecule has 7 nitrogen and oxygen atoms in total. The van der Waals surface area contributed by atoms with Crippen LogP contribution >= 0.6 is 0 Å². The molecule has 0 saturated carbocycles. The third-order valence-corrected chi connectivity index (χ3v) is 7.28. The average molecular weight is 461 g/mol. The summed E-state index contributed by atoms with van der Waals surface area (Å²) in [7, 11) is -3.61. The Morgan fingerprint density at radius 2 is 1.78 bits per heavy atom. The number of anilines is 1. The second kappa shape index (κ2) is 8.79. The lowest BCUT2D eigenvalue weighted by atomic mass is 10.2. The standard InChI is InChI=1S/C22H22F2N4O3S/c1-15-3-6-18(7-4-15)32(29,30)28-10-9-27(13-16(28)2)21-12-22(26-14-25-21)31-20-8-5-17(23)11-19(20)24/h3-8,11-12,14,16H,9-10,13H2,1-2H3/t16-/m1/s1. The van der Waals surface area contributed by atoms with E-state index in [-0.39, 0.29) is 29.1 Å². The first-order chi connectivity index (χ1) is 15.2. The molecule has 0 unspecified atom stereocenters. The lowest BCUT2D eigenvalue weighted by Gasteiger charge is -2.39. The molecule has 168 valence electrons. The second-order valence-corrected chi connectivity index (χ2v) is 9.51. The Bertz CT molecular complexity index is 1220. The highest BCUT2D eigenvalue weighted by atomic mass is 32.2. The first-order valence-corrected chi connectivity index (χ1v) is 11.5. The number of hydrogen-bond donors (Lipinski definition) is 0. The molecule has 32 heavy (non-hydrogen) atoms. The van der Waals surface area contributed by atoms with Crippen LogP contribution in [0.25, 0.3) is 0 Å². The molecular weight excluding hydrogens is 438 g/mol. The molecule has 0 bridgehead atoms. The third kappa shape index (κ3) is 4.56. The fourth-order valence-electron chi connectivity index (χ4n) is 3.58. The summed E-state index contributed by atoms with van der Waals surface area (Å²) in [5, 5.41) is 0. The molecule has 3 aromatic rings. The van der Waals surface area contributed by atoms with Gasteiger partial charge in [0.05, 0.1) is 4.90 Å². The summed E-state index contributed by atoms with van der Waals surface area (Å²) in [6.07, 6.45) is 1.28. The molecule has 1 fully saturated rings. The zero-order chi connectivity index (χ0) is 22.9. The largest absolute Gasteiger partial charge is 0.436 e. The fraction of sp³-hybridized carbons (Fsp3) is 0.273. The Morgan fingerprint density at radius 1 is 1.03 bits per heavy atom. The smallest absolute Gasteiger partial charge is 0.243 e. The zero-order valence-electron chi connectivity index (χ0n) is 17.6. The minimum Gasteiger partial charge on any atom is -0.436 e. The first-order valence-electron chi connectivity index (χ1n) is 10.0. The van der Waals surface area contributed by atoms with Crippen molar-refractivity contribution < 1.29 is 21.9 Å². The maximum absolute atomic E-state index is 13.9. The van der Waals surface area contributed by atoms with Gasteiger partial charge in [-0.15, -0.1) is 0 Å². The third-order valence-electron chi connectivity index (χ3n) is 5.25. The van der Waals surface area contributed by atoms with Crippen LogP contribution in [0.3, 0.4) is 0 Å². The van der Waals surface area contributed by atoms with Crippen LogP contribution in [-0.4, -0.2) is 48.4 Å². The van der Waals surface area contributed by atoms with Gasteiger partial charge in [0.2, 0.25) is 15.9 Å². The van der Waals surface area contributed by atoms with Crippen molar-refractivity contribution in [1.82, 2.24) is 14.3 Å². The second-order valence-electron chi connectivity index (χ2n) is 7.62. The molecule has 1 aliphatic rings. The van der Waals surface area contributed by atoms with E-state index >= 15 is 0 Å². The molecule has 2 aromatic carbocycles. The van der Waals surface area contributed by atoms with Crippen LogP contribution in [0.1, 0.15) is 12.5 Å². The van der Waals surface area contributed by atoms with E-state index in [2.05, 4.69) is 9.97 Å². The van der Waals surface area contributed by atoms with Gasteiger partial charge in [0.25, 0.3) is 0 Å². The Kier molecular flexibility index (Phi) is 6.07. The topological polar surface area (TPSA) is 75.6 Å². The predicted molar refractivity (Wildman–Crippen MR) is 115 cm³/mol. The van der Waals surface area contributed by atoms with Gasteiger partial charge in [-0.25, -0.2) is 27.2 Å². The van der Waals surface area contributed by atoms with Gasteiger partial charge < -0.3 is 9.64 Å². The number of aromatic nitrogens is 2. The van der Waals surface area contributed by atoms with Crippen molar-refractivity contribution in [1.29, 1.82) is 0 Å². The Balaban J connectivity index is 1.49.